The van der Waals surface area contributed by atoms with Crippen LogP contribution in [0.3, 0.4) is 0 Å². The molecule has 1 N–H and O–H groups in total. The highest BCUT2D eigenvalue weighted by Gasteiger charge is 2.45. The van der Waals surface area contributed by atoms with Gasteiger partial charge in [-0.15, -0.1) is 0 Å². The van der Waals surface area contributed by atoms with E-state index in [-0.39, 0.29) is 5.60 Å². The van der Waals surface area contributed by atoms with Crippen LogP contribution >= 0.6 is 0 Å². The second kappa shape index (κ2) is 5.25. The fourth-order valence-electron chi connectivity index (χ4n) is 2.91. The lowest BCUT2D eigenvalue weighted by Crippen LogP contribution is -2.62. The van der Waals surface area contributed by atoms with Crippen LogP contribution in [-0.4, -0.2) is 38.0 Å². The van der Waals surface area contributed by atoms with E-state index < -0.39 is 0 Å². The molecule has 100 valence electrons. The molecule has 2 unspecified atom stereocenters. The van der Waals surface area contributed by atoms with Gasteiger partial charge in [-0.05, 0) is 24.7 Å². The molecule has 1 spiro atoms. The summed E-state index contributed by atoms with van der Waals surface area (Å²) >= 11 is 0. The minimum absolute atomic E-state index is 0.0526. The third-order valence-electron chi connectivity index (χ3n) is 4.47. The van der Waals surface area contributed by atoms with Crippen molar-refractivity contribution in [1.82, 2.24) is 5.32 Å². The molecular weight excluding hydrogens is 214 g/mol. The number of ether oxygens (including phenoxy) is 2. The normalized spacial score (nSPS) is 35.1. The van der Waals surface area contributed by atoms with Gasteiger partial charge >= 0.3 is 0 Å². The van der Waals surface area contributed by atoms with Crippen molar-refractivity contribution in [2.24, 2.45) is 5.41 Å². The summed E-state index contributed by atoms with van der Waals surface area (Å²) in [6.07, 6.45) is 4.66. The molecule has 3 nitrogen and oxygen atoms in total. The Labute approximate surface area is 105 Å². The van der Waals surface area contributed by atoms with Gasteiger partial charge in [-0.3, -0.25) is 0 Å². The zero-order valence-electron chi connectivity index (χ0n) is 11.6. The van der Waals surface area contributed by atoms with Crippen molar-refractivity contribution in [3.05, 3.63) is 0 Å². The molecule has 2 aliphatic rings. The molecule has 2 saturated heterocycles. The zero-order chi connectivity index (χ0) is 12.4. The van der Waals surface area contributed by atoms with Gasteiger partial charge in [-0.2, -0.15) is 0 Å². The topological polar surface area (TPSA) is 30.5 Å². The number of hydrogen-bond acceptors (Lipinski definition) is 3. The number of nitrogens with one attached hydrogen (secondary N) is 1. The monoisotopic (exact) mass is 241 g/mol. The highest BCUT2D eigenvalue weighted by atomic mass is 16.5. The molecule has 0 radical (unpaired) electrons. The van der Waals surface area contributed by atoms with Gasteiger partial charge in [-0.1, -0.05) is 27.2 Å². The van der Waals surface area contributed by atoms with Crippen LogP contribution in [0.2, 0.25) is 0 Å². The van der Waals surface area contributed by atoms with E-state index in [0.29, 0.717) is 11.5 Å². The summed E-state index contributed by atoms with van der Waals surface area (Å²) in [5.74, 6) is 0. The molecule has 0 amide bonds. The van der Waals surface area contributed by atoms with Crippen LogP contribution in [0.5, 0.6) is 0 Å². The van der Waals surface area contributed by atoms with Gasteiger partial charge in [0.05, 0.1) is 13.2 Å². The first kappa shape index (κ1) is 13.3. The number of morpholine rings is 1. The Morgan fingerprint density at radius 1 is 1.35 bits per heavy atom. The lowest BCUT2D eigenvalue weighted by Gasteiger charge is -2.48. The van der Waals surface area contributed by atoms with Crippen LogP contribution in [0.25, 0.3) is 0 Å². The largest absolute Gasteiger partial charge is 0.378 e. The van der Waals surface area contributed by atoms with Gasteiger partial charge in [0.25, 0.3) is 0 Å². The van der Waals surface area contributed by atoms with Gasteiger partial charge in [0, 0.05) is 19.2 Å². The molecule has 2 atom stereocenters. The smallest absolute Gasteiger partial charge is 0.107 e. The van der Waals surface area contributed by atoms with Gasteiger partial charge in [0.15, 0.2) is 0 Å². The van der Waals surface area contributed by atoms with E-state index in [1.54, 1.807) is 0 Å². The number of rotatable bonds is 3. The van der Waals surface area contributed by atoms with Crippen LogP contribution < -0.4 is 5.32 Å². The van der Waals surface area contributed by atoms with E-state index in [9.17, 15) is 0 Å². The molecule has 2 aliphatic heterocycles. The van der Waals surface area contributed by atoms with E-state index >= 15 is 0 Å². The van der Waals surface area contributed by atoms with E-state index in [2.05, 4.69) is 26.1 Å². The first-order valence-corrected chi connectivity index (χ1v) is 7.03. The van der Waals surface area contributed by atoms with E-state index in [4.69, 9.17) is 9.47 Å². The Kier molecular flexibility index (Phi) is 4.11. The fraction of sp³-hybridized carbons (Fsp3) is 1.00. The fourth-order valence-corrected chi connectivity index (χ4v) is 2.91. The van der Waals surface area contributed by atoms with E-state index in [1.807, 2.05) is 0 Å². The first-order chi connectivity index (χ1) is 8.08. The average molecular weight is 241 g/mol. The lowest BCUT2D eigenvalue weighted by atomic mass is 9.75. The highest BCUT2D eigenvalue weighted by molar-refractivity contribution is 4.99. The molecule has 0 bridgehead atoms. The van der Waals surface area contributed by atoms with Crippen molar-refractivity contribution in [3.63, 3.8) is 0 Å². The minimum atomic E-state index is -0.0526. The lowest BCUT2D eigenvalue weighted by molar-refractivity contribution is -0.168. The third kappa shape index (κ3) is 3.01. The van der Waals surface area contributed by atoms with Crippen molar-refractivity contribution in [1.29, 1.82) is 0 Å². The molecule has 0 aromatic heterocycles. The summed E-state index contributed by atoms with van der Waals surface area (Å²) in [5, 5.41) is 3.67. The summed E-state index contributed by atoms with van der Waals surface area (Å²) in [7, 11) is 0. The molecule has 0 aromatic carbocycles. The highest BCUT2D eigenvalue weighted by Crippen LogP contribution is 2.36. The maximum atomic E-state index is 6.12. The van der Waals surface area contributed by atoms with Crippen molar-refractivity contribution >= 4 is 0 Å². The minimum Gasteiger partial charge on any atom is -0.378 e. The summed E-state index contributed by atoms with van der Waals surface area (Å²) in [6, 6.07) is 0.450. The maximum absolute atomic E-state index is 6.12. The molecular formula is C14H27NO2. The van der Waals surface area contributed by atoms with Gasteiger partial charge in [-0.25, -0.2) is 0 Å². The molecule has 2 heterocycles. The summed E-state index contributed by atoms with van der Waals surface area (Å²) in [4.78, 5) is 0. The molecule has 0 aromatic rings. The van der Waals surface area contributed by atoms with Crippen molar-refractivity contribution in [3.8, 4) is 0 Å². The quantitative estimate of drug-likeness (QED) is 0.823. The molecule has 17 heavy (non-hydrogen) atoms. The van der Waals surface area contributed by atoms with Crippen LogP contribution in [0.4, 0.5) is 0 Å². The Morgan fingerprint density at radius 2 is 2.18 bits per heavy atom. The third-order valence-corrected chi connectivity index (χ3v) is 4.47. The summed E-state index contributed by atoms with van der Waals surface area (Å²) in [5.41, 5.74) is 0.325. The number of hydrogen-bond donors (Lipinski definition) is 1. The Bertz CT molecular complexity index is 238. The predicted molar refractivity (Wildman–Crippen MR) is 69.2 cm³/mol. The van der Waals surface area contributed by atoms with Gasteiger partial charge in [0.2, 0.25) is 0 Å². The van der Waals surface area contributed by atoms with Crippen LogP contribution in [-0.2, 0) is 9.47 Å². The van der Waals surface area contributed by atoms with Crippen molar-refractivity contribution < 1.29 is 9.47 Å². The summed E-state index contributed by atoms with van der Waals surface area (Å²) in [6.45, 7) is 10.4. The molecule has 0 aliphatic carbocycles. The van der Waals surface area contributed by atoms with Crippen molar-refractivity contribution in [2.75, 3.05) is 26.4 Å². The summed E-state index contributed by atoms with van der Waals surface area (Å²) < 4.78 is 11.8. The van der Waals surface area contributed by atoms with Crippen LogP contribution in [0, 0.1) is 5.41 Å². The first-order valence-electron chi connectivity index (χ1n) is 7.03. The van der Waals surface area contributed by atoms with E-state index in [1.165, 1.54) is 12.8 Å². The second-order valence-corrected chi connectivity index (χ2v) is 6.30. The molecule has 0 saturated carbocycles. The van der Waals surface area contributed by atoms with E-state index in [0.717, 1.165) is 39.2 Å². The SMILES string of the molecule is CCC(C)(C)CC1NCCOC12CCCOC2. The van der Waals surface area contributed by atoms with Gasteiger partial charge in [0.1, 0.15) is 5.60 Å². The second-order valence-electron chi connectivity index (χ2n) is 6.30. The van der Waals surface area contributed by atoms with Gasteiger partial charge < -0.3 is 14.8 Å². The van der Waals surface area contributed by atoms with Crippen molar-refractivity contribution in [2.45, 2.75) is 58.1 Å². The molecule has 3 heteroatoms. The average Bonchev–Trinajstić information content (AvgIpc) is 2.33. The Hall–Kier alpha value is -0.120. The Balaban J connectivity index is 2.06. The Morgan fingerprint density at radius 3 is 2.82 bits per heavy atom. The molecule has 2 rings (SSSR count). The zero-order valence-corrected chi connectivity index (χ0v) is 11.6. The molecule has 2 fully saturated rings. The van der Waals surface area contributed by atoms with Crippen LogP contribution in [0.1, 0.15) is 46.5 Å². The standard InChI is InChI=1S/C14H27NO2/c1-4-13(2,3)10-12-14(17-9-7-15-12)6-5-8-16-11-14/h12,15H,4-11H2,1-3H3. The predicted octanol–water partition coefficient (Wildman–Crippen LogP) is 2.35. The maximum Gasteiger partial charge on any atom is 0.107 e. The van der Waals surface area contributed by atoms with Crippen LogP contribution in [0.15, 0.2) is 0 Å².